The minimum Gasteiger partial charge on any atom is -0.387 e. The molecule has 4 rings (SSSR count). The molecule has 2 aromatic heterocycles. The summed E-state index contributed by atoms with van der Waals surface area (Å²) in [5.74, 6) is 5.28. The van der Waals surface area contributed by atoms with Crippen LogP contribution < -0.4 is 16.4 Å². The fourth-order valence-corrected chi connectivity index (χ4v) is 3.50. The van der Waals surface area contributed by atoms with E-state index < -0.39 is 30.4 Å². The van der Waals surface area contributed by atoms with Crippen molar-refractivity contribution < 1.29 is 24.5 Å². The van der Waals surface area contributed by atoms with Crippen LogP contribution in [0.5, 0.6) is 0 Å². The highest BCUT2D eigenvalue weighted by molar-refractivity contribution is 5.83. The lowest BCUT2D eigenvalue weighted by Crippen LogP contribution is -2.43. The van der Waals surface area contributed by atoms with Crippen molar-refractivity contribution in [2.45, 2.75) is 50.3 Å². The lowest BCUT2D eigenvalue weighted by atomic mass is 10.1. The zero-order valence-electron chi connectivity index (χ0n) is 18.2. The quantitative estimate of drug-likeness (QED) is 0.327. The fourth-order valence-electron chi connectivity index (χ4n) is 3.50. The highest BCUT2D eigenvalue weighted by atomic mass is 16.6. The van der Waals surface area contributed by atoms with Gasteiger partial charge in [0.15, 0.2) is 23.8 Å². The molecule has 0 radical (unpaired) electrons. The molecule has 6 N–H and O–H groups in total. The number of nitrogens with one attached hydrogen (secondary N) is 2. The Hall–Kier alpha value is -3.47. The molecule has 1 unspecified atom stereocenters. The van der Waals surface area contributed by atoms with Gasteiger partial charge in [-0.3, -0.25) is 9.36 Å². The second kappa shape index (κ2) is 9.18. The van der Waals surface area contributed by atoms with Gasteiger partial charge in [-0.2, -0.15) is 0 Å². The summed E-state index contributed by atoms with van der Waals surface area (Å²) in [5.41, 5.74) is 6.50. The summed E-state index contributed by atoms with van der Waals surface area (Å²) < 4.78 is 7.09. The molecular formula is C20H26N8O5. The minimum atomic E-state index is -1.42. The molecule has 0 bridgehead atoms. The number of hydrogen-bond acceptors (Lipinski definition) is 9. The maximum absolute atomic E-state index is 12.4. The van der Waals surface area contributed by atoms with Gasteiger partial charge in [0.05, 0.1) is 12.9 Å². The van der Waals surface area contributed by atoms with E-state index in [2.05, 4.69) is 37.4 Å². The van der Waals surface area contributed by atoms with Crippen LogP contribution in [0.3, 0.4) is 0 Å². The monoisotopic (exact) mass is 458 g/mol. The number of nitrogens with two attached hydrogens (primary N) is 1. The molecule has 1 saturated carbocycles. The van der Waals surface area contributed by atoms with Crippen LogP contribution in [0, 0.1) is 11.8 Å². The molecule has 3 heterocycles. The maximum atomic E-state index is 12.4. The number of nitrogen functional groups attached to an aromatic ring is 1. The smallest absolute Gasteiger partial charge is 0.317 e. The number of imidazole rings is 1. The van der Waals surface area contributed by atoms with Crippen LogP contribution in [0.25, 0.3) is 11.2 Å². The van der Waals surface area contributed by atoms with Gasteiger partial charge in [0.1, 0.15) is 17.7 Å². The molecule has 2 fully saturated rings. The number of urea groups is 1. The molecule has 0 aromatic carbocycles. The average Bonchev–Trinajstić information content (AvgIpc) is 3.43. The number of anilines is 1. The molecule has 13 heteroatoms. The minimum absolute atomic E-state index is 0.0674. The normalized spacial score (nSPS) is 24.2. The van der Waals surface area contributed by atoms with E-state index in [1.54, 1.807) is 0 Å². The van der Waals surface area contributed by atoms with E-state index in [9.17, 15) is 19.8 Å². The van der Waals surface area contributed by atoms with Gasteiger partial charge in [-0.25, -0.2) is 19.7 Å². The van der Waals surface area contributed by atoms with E-state index in [1.165, 1.54) is 22.8 Å². The van der Waals surface area contributed by atoms with Crippen LogP contribution in [-0.4, -0.2) is 91.1 Å². The molecule has 2 aliphatic rings. The van der Waals surface area contributed by atoms with Crippen molar-refractivity contribution >= 4 is 28.9 Å². The first-order chi connectivity index (χ1) is 15.8. The number of amides is 3. The molecule has 33 heavy (non-hydrogen) atoms. The summed E-state index contributed by atoms with van der Waals surface area (Å²) in [7, 11) is 1.54. The average molecular weight is 458 g/mol. The molecule has 3 amide bonds. The SMILES string of the molecule is CCN(CC#Cc1nc(N)c2ncn([C@@H]3O[C@H](C(=O)NC4CC4)C(O)[C@@H]3O)c2n1)C(=O)NC. The summed E-state index contributed by atoms with van der Waals surface area (Å²) in [4.78, 5) is 38.3. The van der Waals surface area contributed by atoms with Gasteiger partial charge in [-0.1, -0.05) is 5.92 Å². The highest BCUT2D eigenvalue weighted by Crippen LogP contribution is 2.33. The van der Waals surface area contributed by atoms with Gasteiger partial charge < -0.3 is 36.2 Å². The molecule has 0 spiro atoms. The molecule has 13 nitrogen and oxygen atoms in total. The zero-order valence-corrected chi connectivity index (χ0v) is 18.2. The van der Waals surface area contributed by atoms with Crippen molar-refractivity contribution in [1.29, 1.82) is 0 Å². The van der Waals surface area contributed by atoms with Gasteiger partial charge in [-0.15, -0.1) is 0 Å². The Morgan fingerprint density at radius 1 is 1.33 bits per heavy atom. The third-order valence-corrected chi connectivity index (χ3v) is 5.50. The number of aromatic nitrogens is 4. The van der Waals surface area contributed by atoms with Crippen LogP contribution in [0.1, 0.15) is 31.8 Å². The molecule has 4 atom stereocenters. The Balaban J connectivity index is 1.58. The Bertz CT molecular complexity index is 1120. The summed E-state index contributed by atoms with van der Waals surface area (Å²) in [5, 5.41) is 26.2. The Labute approximate surface area is 189 Å². The highest BCUT2D eigenvalue weighted by Gasteiger charge is 2.48. The zero-order chi connectivity index (χ0) is 23.7. The number of rotatable bonds is 5. The number of carbonyl (C=O) groups excluding carboxylic acids is 2. The molecular weight excluding hydrogens is 432 g/mol. The Morgan fingerprint density at radius 2 is 2.09 bits per heavy atom. The number of aliphatic hydroxyl groups excluding tert-OH is 2. The summed E-state index contributed by atoms with van der Waals surface area (Å²) in [6, 6.07) is -0.175. The number of ether oxygens (including phenoxy) is 1. The Kier molecular flexibility index (Phi) is 6.32. The van der Waals surface area contributed by atoms with E-state index in [0.29, 0.717) is 6.54 Å². The van der Waals surface area contributed by atoms with Gasteiger partial charge in [-0.05, 0) is 25.7 Å². The molecule has 1 aliphatic carbocycles. The van der Waals surface area contributed by atoms with Crippen LogP contribution in [-0.2, 0) is 9.53 Å². The topological polar surface area (TPSA) is 181 Å². The van der Waals surface area contributed by atoms with Crippen LogP contribution in [0.15, 0.2) is 6.33 Å². The van der Waals surface area contributed by atoms with E-state index in [0.717, 1.165) is 12.8 Å². The largest absolute Gasteiger partial charge is 0.387 e. The van der Waals surface area contributed by atoms with E-state index in [-0.39, 0.29) is 41.4 Å². The first-order valence-corrected chi connectivity index (χ1v) is 10.6. The molecule has 176 valence electrons. The number of carbonyl (C=O) groups is 2. The van der Waals surface area contributed by atoms with Gasteiger partial charge >= 0.3 is 6.03 Å². The predicted molar refractivity (Wildman–Crippen MR) is 115 cm³/mol. The van der Waals surface area contributed by atoms with Crippen molar-refractivity contribution in [3.05, 3.63) is 12.2 Å². The van der Waals surface area contributed by atoms with Crippen molar-refractivity contribution in [3.63, 3.8) is 0 Å². The van der Waals surface area contributed by atoms with Gasteiger partial charge in [0.2, 0.25) is 5.82 Å². The first kappa shape index (κ1) is 22.7. The van der Waals surface area contributed by atoms with Crippen molar-refractivity contribution in [3.8, 4) is 11.8 Å². The molecule has 2 aromatic rings. The fraction of sp³-hybridized carbons (Fsp3) is 0.550. The molecule has 1 saturated heterocycles. The first-order valence-electron chi connectivity index (χ1n) is 10.6. The Morgan fingerprint density at radius 3 is 2.76 bits per heavy atom. The van der Waals surface area contributed by atoms with Crippen LogP contribution in [0.4, 0.5) is 10.6 Å². The number of aliphatic hydroxyl groups is 2. The summed E-state index contributed by atoms with van der Waals surface area (Å²) in [6.45, 7) is 2.46. The number of nitrogens with zero attached hydrogens (tertiary/aromatic N) is 5. The van der Waals surface area contributed by atoms with Crippen LogP contribution in [0.2, 0.25) is 0 Å². The maximum Gasteiger partial charge on any atom is 0.317 e. The van der Waals surface area contributed by atoms with Gasteiger partial charge in [0, 0.05) is 19.6 Å². The van der Waals surface area contributed by atoms with Gasteiger partial charge in [0.25, 0.3) is 5.91 Å². The van der Waals surface area contributed by atoms with Crippen molar-refractivity contribution in [2.24, 2.45) is 0 Å². The third-order valence-electron chi connectivity index (χ3n) is 5.50. The third kappa shape index (κ3) is 4.54. The molecule has 1 aliphatic heterocycles. The van der Waals surface area contributed by atoms with Crippen LogP contribution >= 0.6 is 0 Å². The second-order valence-electron chi connectivity index (χ2n) is 7.84. The van der Waals surface area contributed by atoms with E-state index in [4.69, 9.17) is 10.5 Å². The number of fused-ring (bicyclic) bond motifs is 1. The van der Waals surface area contributed by atoms with Crippen molar-refractivity contribution in [1.82, 2.24) is 35.1 Å². The van der Waals surface area contributed by atoms with E-state index in [1.807, 2.05) is 6.92 Å². The number of hydrogen-bond donors (Lipinski definition) is 5. The summed E-state index contributed by atoms with van der Waals surface area (Å²) in [6.07, 6.45) is -2.05. The predicted octanol–water partition coefficient (Wildman–Crippen LogP) is -1.68. The van der Waals surface area contributed by atoms with Crippen molar-refractivity contribution in [2.75, 3.05) is 25.9 Å². The standard InChI is InChI=1S/C20H26N8O5/c1-3-27(20(32)22-2)8-4-5-11-25-16(21)12-17(26-11)28(9-23-12)19-14(30)13(29)15(33-19)18(31)24-10-6-7-10/h9-10,13-15,19,29-30H,3,6-8H2,1-2H3,(H,22,32)(H,24,31)(H2,21,25,26)/t13?,14-,15-,19+/m0/s1. The summed E-state index contributed by atoms with van der Waals surface area (Å²) >= 11 is 0. The lowest BCUT2D eigenvalue weighted by molar-refractivity contribution is -0.137. The lowest BCUT2D eigenvalue weighted by Gasteiger charge is -2.16. The van der Waals surface area contributed by atoms with E-state index >= 15 is 0 Å². The second-order valence-corrected chi connectivity index (χ2v) is 7.84.